The van der Waals surface area contributed by atoms with Crippen LogP contribution in [0.1, 0.15) is 406 Å². The summed E-state index contributed by atoms with van der Waals surface area (Å²) in [5.41, 5.74) is 0. The van der Waals surface area contributed by atoms with Crippen molar-refractivity contribution in [1.82, 2.24) is 0 Å². The van der Waals surface area contributed by atoms with E-state index in [1.54, 1.807) is 0 Å². The molecule has 0 heterocycles. The van der Waals surface area contributed by atoms with Crippen LogP contribution in [0, 0.1) is 0 Å². The quantitative estimate of drug-likeness (QED) is 0.0261. The fourth-order valence-corrected chi connectivity index (χ4v) is 11.1. The van der Waals surface area contributed by atoms with Gasteiger partial charge in [-0.2, -0.15) is 0 Å². The van der Waals surface area contributed by atoms with Gasteiger partial charge in [0.2, 0.25) is 0 Å². The van der Waals surface area contributed by atoms with Crippen molar-refractivity contribution in [3.63, 3.8) is 0 Å². The number of rotatable bonds is 68. The second-order valence-electron chi connectivity index (χ2n) is 24.9. The SMILES string of the molecule is CCCCC/C=C\CCCCCCCC(=O)OCC(COC(=O)CCCCCCCCCCCCCCCCC/C=C\C/C=C\CCCCCCC)OC(=O)CCCCCCCCCCCCCCCCCCCCCCCCCC. The number of ether oxygens (including phenoxy) is 3. The Labute approximate surface area is 506 Å². The van der Waals surface area contributed by atoms with E-state index in [4.69, 9.17) is 14.2 Å². The summed E-state index contributed by atoms with van der Waals surface area (Å²) in [5.74, 6) is -0.849. The van der Waals surface area contributed by atoms with E-state index in [2.05, 4.69) is 57.2 Å². The Morgan fingerprint density at radius 1 is 0.247 bits per heavy atom. The fourth-order valence-electron chi connectivity index (χ4n) is 11.1. The van der Waals surface area contributed by atoms with Crippen LogP contribution in [0.5, 0.6) is 0 Å². The summed E-state index contributed by atoms with van der Waals surface area (Å²) in [4.78, 5) is 38.4. The average Bonchev–Trinajstić information content (AvgIpc) is 3.47. The molecule has 0 saturated carbocycles. The largest absolute Gasteiger partial charge is 0.462 e. The highest BCUT2D eigenvalue weighted by Crippen LogP contribution is 2.19. The lowest BCUT2D eigenvalue weighted by atomic mass is 10.0. The van der Waals surface area contributed by atoms with Gasteiger partial charge in [0, 0.05) is 19.3 Å². The van der Waals surface area contributed by atoms with E-state index in [-0.39, 0.29) is 31.1 Å². The molecule has 6 nitrogen and oxygen atoms in total. The molecule has 6 heteroatoms. The summed E-state index contributed by atoms with van der Waals surface area (Å²) >= 11 is 0. The average molecular weight is 1140 g/mol. The van der Waals surface area contributed by atoms with Gasteiger partial charge < -0.3 is 14.2 Å². The molecule has 476 valence electrons. The topological polar surface area (TPSA) is 78.9 Å². The number of esters is 3. The second kappa shape index (κ2) is 70.1. The highest BCUT2D eigenvalue weighted by molar-refractivity contribution is 5.71. The molecule has 0 fully saturated rings. The summed E-state index contributed by atoms with van der Waals surface area (Å²) in [6.45, 7) is 6.68. The molecule has 0 spiro atoms. The van der Waals surface area contributed by atoms with E-state index < -0.39 is 6.10 Å². The van der Waals surface area contributed by atoms with Gasteiger partial charge in [0.25, 0.3) is 0 Å². The lowest BCUT2D eigenvalue weighted by molar-refractivity contribution is -0.167. The van der Waals surface area contributed by atoms with Gasteiger partial charge >= 0.3 is 17.9 Å². The summed E-state index contributed by atoms with van der Waals surface area (Å²) in [5, 5.41) is 0. The van der Waals surface area contributed by atoms with Crippen LogP contribution >= 0.6 is 0 Å². The Hall–Kier alpha value is -2.37. The van der Waals surface area contributed by atoms with Crippen LogP contribution in [0.3, 0.4) is 0 Å². The van der Waals surface area contributed by atoms with Crippen molar-refractivity contribution in [2.45, 2.75) is 412 Å². The van der Waals surface area contributed by atoms with Gasteiger partial charge in [0.15, 0.2) is 6.10 Å². The van der Waals surface area contributed by atoms with Crippen molar-refractivity contribution in [1.29, 1.82) is 0 Å². The zero-order valence-corrected chi connectivity index (χ0v) is 54.8. The normalized spacial score (nSPS) is 12.2. The molecule has 0 aliphatic carbocycles. The summed E-state index contributed by atoms with van der Waals surface area (Å²) in [6.07, 6.45) is 87.6. The molecule has 0 aromatic carbocycles. The molecule has 0 N–H and O–H groups in total. The van der Waals surface area contributed by atoms with Crippen LogP contribution in [0.4, 0.5) is 0 Å². The van der Waals surface area contributed by atoms with E-state index in [0.717, 1.165) is 70.6 Å². The predicted molar refractivity (Wildman–Crippen MR) is 353 cm³/mol. The summed E-state index contributed by atoms with van der Waals surface area (Å²) in [6, 6.07) is 0. The van der Waals surface area contributed by atoms with E-state index in [0.29, 0.717) is 19.3 Å². The zero-order valence-electron chi connectivity index (χ0n) is 54.8. The molecule has 1 unspecified atom stereocenters. The Kier molecular flexibility index (Phi) is 68.1. The number of allylic oxidation sites excluding steroid dienone is 6. The minimum absolute atomic E-state index is 0.0695. The van der Waals surface area contributed by atoms with Gasteiger partial charge in [-0.25, -0.2) is 0 Å². The molecular formula is C75H140O6. The van der Waals surface area contributed by atoms with E-state index in [9.17, 15) is 14.4 Å². The third-order valence-electron chi connectivity index (χ3n) is 16.6. The maximum Gasteiger partial charge on any atom is 0.306 e. The molecule has 0 bridgehead atoms. The first-order chi connectivity index (χ1) is 40.0. The molecule has 0 aromatic rings. The Morgan fingerprint density at radius 2 is 0.444 bits per heavy atom. The smallest absolute Gasteiger partial charge is 0.306 e. The molecule has 0 rings (SSSR count). The summed E-state index contributed by atoms with van der Waals surface area (Å²) < 4.78 is 17.0. The van der Waals surface area contributed by atoms with Crippen molar-refractivity contribution in [2.75, 3.05) is 13.2 Å². The maximum atomic E-state index is 13.0. The zero-order chi connectivity index (χ0) is 58.5. The number of hydrogen-bond donors (Lipinski definition) is 0. The van der Waals surface area contributed by atoms with E-state index in [1.807, 2.05) is 0 Å². The second-order valence-corrected chi connectivity index (χ2v) is 24.9. The van der Waals surface area contributed by atoms with E-state index in [1.165, 1.54) is 295 Å². The van der Waals surface area contributed by atoms with Crippen molar-refractivity contribution < 1.29 is 28.6 Å². The lowest BCUT2D eigenvalue weighted by Crippen LogP contribution is -2.30. The van der Waals surface area contributed by atoms with Crippen LogP contribution in [0.15, 0.2) is 36.5 Å². The first-order valence-corrected chi connectivity index (χ1v) is 36.5. The molecule has 0 aromatic heterocycles. The van der Waals surface area contributed by atoms with Crippen LogP contribution in [-0.4, -0.2) is 37.2 Å². The van der Waals surface area contributed by atoms with Crippen LogP contribution in [0.2, 0.25) is 0 Å². The van der Waals surface area contributed by atoms with Gasteiger partial charge in [-0.15, -0.1) is 0 Å². The van der Waals surface area contributed by atoms with Gasteiger partial charge in [-0.05, 0) is 77.0 Å². The molecule has 81 heavy (non-hydrogen) atoms. The lowest BCUT2D eigenvalue weighted by Gasteiger charge is -2.18. The van der Waals surface area contributed by atoms with Crippen LogP contribution < -0.4 is 0 Å². The molecule has 0 radical (unpaired) electrons. The van der Waals surface area contributed by atoms with Crippen LogP contribution in [0.25, 0.3) is 0 Å². The van der Waals surface area contributed by atoms with Crippen molar-refractivity contribution in [3.05, 3.63) is 36.5 Å². The minimum Gasteiger partial charge on any atom is -0.462 e. The molecule has 0 amide bonds. The Morgan fingerprint density at radius 3 is 0.716 bits per heavy atom. The number of hydrogen-bond acceptors (Lipinski definition) is 6. The summed E-state index contributed by atoms with van der Waals surface area (Å²) in [7, 11) is 0. The highest BCUT2D eigenvalue weighted by Gasteiger charge is 2.19. The van der Waals surface area contributed by atoms with Gasteiger partial charge in [-0.1, -0.05) is 346 Å². The van der Waals surface area contributed by atoms with Gasteiger partial charge in [0.05, 0.1) is 0 Å². The molecular weight excluding hydrogens is 997 g/mol. The monoisotopic (exact) mass is 1140 g/mol. The van der Waals surface area contributed by atoms with E-state index >= 15 is 0 Å². The predicted octanol–water partition coefficient (Wildman–Crippen LogP) is 25.1. The third kappa shape index (κ3) is 68.3. The Bertz CT molecular complexity index is 1350. The Balaban J connectivity index is 4.18. The maximum absolute atomic E-state index is 13.0. The molecule has 0 aliphatic heterocycles. The number of unbranched alkanes of at least 4 members (excludes halogenated alkanes) is 51. The standard InChI is InChI=1S/C75H140O6/c1-4-7-10-13-16-19-22-25-27-29-31-33-35-37-38-39-41-42-44-46-48-50-53-56-59-62-65-68-74(77)80-71-72(70-79-73(76)67-64-61-58-55-52-24-21-18-15-12-9-6-3)81-75(78)69-66-63-60-57-54-51-49-47-45-43-40-36-34-32-30-28-26-23-20-17-14-11-8-5-2/h18,21-22,25,29,31,72H,4-17,19-20,23-24,26-28,30,32-71H2,1-3H3/b21-18-,25-22-,31-29-. The first kappa shape index (κ1) is 78.6. The van der Waals surface area contributed by atoms with Gasteiger partial charge in [0.1, 0.15) is 13.2 Å². The highest BCUT2D eigenvalue weighted by atomic mass is 16.6. The van der Waals surface area contributed by atoms with Crippen LogP contribution in [-0.2, 0) is 28.6 Å². The van der Waals surface area contributed by atoms with Crippen molar-refractivity contribution >= 4 is 17.9 Å². The molecule has 1 atom stereocenters. The molecule has 0 aliphatic rings. The van der Waals surface area contributed by atoms with Crippen molar-refractivity contribution in [2.24, 2.45) is 0 Å². The first-order valence-electron chi connectivity index (χ1n) is 36.5. The minimum atomic E-state index is -0.773. The van der Waals surface area contributed by atoms with Crippen molar-refractivity contribution in [3.8, 4) is 0 Å². The number of carbonyl (C=O) groups is 3. The fraction of sp³-hybridized carbons (Fsp3) is 0.880. The number of carbonyl (C=O) groups excluding carboxylic acids is 3. The third-order valence-corrected chi connectivity index (χ3v) is 16.6. The van der Waals surface area contributed by atoms with Gasteiger partial charge in [-0.3, -0.25) is 14.4 Å². The molecule has 0 saturated heterocycles.